The van der Waals surface area contributed by atoms with E-state index in [-0.39, 0.29) is 0 Å². The third kappa shape index (κ3) is 3.59. The van der Waals surface area contributed by atoms with Crippen LogP contribution in [0.2, 0.25) is 0 Å². The fourth-order valence-corrected chi connectivity index (χ4v) is 8.13. The minimum absolute atomic E-state index is 0.770. The zero-order valence-corrected chi connectivity index (χ0v) is 24.8. The molecule has 0 aliphatic carbocycles. The summed E-state index contributed by atoms with van der Waals surface area (Å²) in [6.07, 6.45) is 3.72. The molecule has 4 nitrogen and oxygen atoms in total. The zero-order chi connectivity index (χ0) is 29.5. The SMILES string of the molecule is c1ccc(-n2c3cc(Oc4ccc5c6ccccc6c6cccnc6c5c4)ccc3c3ccc4sc5ccccc5c4c32)nc1. The quantitative estimate of drug-likeness (QED) is 0.191. The predicted molar refractivity (Wildman–Crippen MR) is 188 cm³/mol. The molecule has 0 unspecified atom stereocenters. The fourth-order valence-electron chi connectivity index (χ4n) is 7.02. The molecule has 0 saturated carbocycles. The maximum absolute atomic E-state index is 6.63. The third-order valence-corrected chi connectivity index (χ3v) is 10.1. The van der Waals surface area contributed by atoms with Crippen molar-refractivity contribution in [3.63, 3.8) is 0 Å². The monoisotopic (exact) mass is 593 g/mol. The van der Waals surface area contributed by atoms with Crippen molar-refractivity contribution in [1.82, 2.24) is 14.5 Å². The second-order valence-electron chi connectivity index (χ2n) is 11.4. The van der Waals surface area contributed by atoms with Gasteiger partial charge in [-0.05, 0) is 76.8 Å². The van der Waals surface area contributed by atoms with Gasteiger partial charge in [0.15, 0.2) is 0 Å². The molecular weight excluding hydrogens is 571 g/mol. The molecule has 6 aromatic carbocycles. The number of fused-ring (bicyclic) bond motifs is 13. The molecule has 0 aliphatic rings. The van der Waals surface area contributed by atoms with Crippen molar-refractivity contribution in [3.8, 4) is 17.3 Å². The fraction of sp³-hybridized carbons (Fsp3) is 0. The summed E-state index contributed by atoms with van der Waals surface area (Å²) < 4.78 is 11.5. The first-order valence-corrected chi connectivity index (χ1v) is 15.8. The standard InChI is InChI=1S/C40H23N3OS/c1-2-9-27-26(8-1)28-16-14-24(22-33(28)39-30(27)11-7-21-42-39)44-25-15-17-29-31-18-19-36-38(32-10-3-4-12-35(32)45-36)40(31)43(34(29)23-25)37-13-5-6-20-41-37/h1-23H. The van der Waals surface area contributed by atoms with Crippen molar-refractivity contribution in [3.05, 3.63) is 140 Å². The van der Waals surface area contributed by atoms with E-state index in [1.165, 1.54) is 52.6 Å². The molecule has 0 saturated heterocycles. The number of hydrogen-bond donors (Lipinski definition) is 0. The number of nitrogens with zero attached hydrogens (tertiary/aromatic N) is 3. The van der Waals surface area contributed by atoms with Crippen LogP contribution in [0.25, 0.3) is 80.2 Å². The molecule has 0 aliphatic heterocycles. The average Bonchev–Trinajstić information content (AvgIpc) is 3.64. The van der Waals surface area contributed by atoms with Gasteiger partial charge in [-0.15, -0.1) is 11.3 Å². The highest BCUT2D eigenvalue weighted by molar-refractivity contribution is 7.26. The van der Waals surface area contributed by atoms with E-state index >= 15 is 0 Å². The van der Waals surface area contributed by atoms with Gasteiger partial charge in [-0.2, -0.15) is 0 Å². The van der Waals surface area contributed by atoms with Crippen molar-refractivity contribution < 1.29 is 4.74 Å². The Morgan fingerprint density at radius 1 is 0.489 bits per heavy atom. The topological polar surface area (TPSA) is 39.9 Å². The van der Waals surface area contributed by atoms with Gasteiger partial charge in [-0.25, -0.2) is 4.98 Å². The molecule has 0 bridgehead atoms. The van der Waals surface area contributed by atoms with Crippen LogP contribution in [0.15, 0.2) is 140 Å². The summed E-state index contributed by atoms with van der Waals surface area (Å²) in [6, 6.07) is 44.7. The average molecular weight is 594 g/mol. The summed E-state index contributed by atoms with van der Waals surface area (Å²) in [5.41, 5.74) is 3.21. The van der Waals surface area contributed by atoms with Crippen molar-refractivity contribution in [2.24, 2.45) is 0 Å². The van der Waals surface area contributed by atoms with E-state index in [9.17, 15) is 0 Å². The number of thiophene rings is 1. The summed E-state index contributed by atoms with van der Waals surface area (Å²) in [5, 5.41) is 10.7. The lowest BCUT2D eigenvalue weighted by molar-refractivity contribution is 0.484. The number of ether oxygens (including phenoxy) is 1. The predicted octanol–water partition coefficient (Wildman–Crippen LogP) is 11.2. The Morgan fingerprint density at radius 3 is 2.04 bits per heavy atom. The van der Waals surface area contributed by atoms with Crippen molar-refractivity contribution in [1.29, 1.82) is 0 Å². The highest BCUT2D eigenvalue weighted by Gasteiger charge is 2.19. The lowest BCUT2D eigenvalue weighted by Gasteiger charge is -2.12. The molecule has 0 N–H and O–H groups in total. The number of aromatic nitrogens is 3. The van der Waals surface area contributed by atoms with Crippen molar-refractivity contribution >= 4 is 85.8 Å². The molecule has 10 aromatic rings. The van der Waals surface area contributed by atoms with Gasteiger partial charge in [0, 0.05) is 60.2 Å². The molecule has 0 radical (unpaired) electrons. The molecule has 4 aromatic heterocycles. The molecule has 10 rings (SSSR count). The van der Waals surface area contributed by atoms with Crippen LogP contribution >= 0.6 is 11.3 Å². The highest BCUT2D eigenvalue weighted by atomic mass is 32.1. The summed E-state index contributed by atoms with van der Waals surface area (Å²) in [5.74, 6) is 2.43. The summed E-state index contributed by atoms with van der Waals surface area (Å²) in [4.78, 5) is 9.61. The van der Waals surface area contributed by atoms with Gasteiger partial charge in [0.05, 0.1) is 16.6 Å². The van der Waals surface area contributed by atoms with Gasteiger partial charge >= 0.3 is 0 Å². The Bertz CT molecular complexity index is 2760. The van der Waals surface area contributed by atoms with Crippen LogP contribution in [0.5, 0.6) is 11.5 Å². The largest absolute Gasteiger partial charge is 0.457 e. The molecule has 0 atom stereocenters. The Morgan fingerprint density at radius 2 is 1.18 bits per heavy atom. The maximum Gasteiger partial charge on any atom is 0.137 e. The Hall–Kier alpha value is -5.78. The molecule has 210 valence electrons. The summed E-state index contributed by atoms with van der Waals surface area (Å²) in [6.45, 7) is 0. The number of hydrogen-bond acceptors (Lipinski definition) is 4. The zero-order valence-electron chi connectivity index (χ0n) is 23.9. The second-order valence-corrected chi connectivity index (χ2v) is 12.5. The molecule has 0 amide bonds. The smallest absolute Gasteiger partial charge is 0.137 e. The lowest BCUT2D eigenvalue weighted by Crippen LogP contribution is -1.97. The highest BCUT2D eigenvalue weighted by Crippen LogP contribution is 2.44. The third-order valence-electron chi connectivity index (χ3n) is 8.92. The van der Waals surface area contributed by atoms with E-state index in [1.807, 2.05) is 41.9 Å². The first-order valence-electron chi connectivity index (χ1n) is 15.0. The Labute approximate surface area is 261 Å². The van der Waals surface area contributed by atoms with Gasteiger partial charge < -0.3 is 4.74 Å². The van der Waals surface area contributed by atoms with Crippen LogP contribution in [-0.4, -0.2) is 14.5 Å². The molecule has 4 heterocycles. The van der Waals surface area contributed by atoms with Gasteiger partial charge in [0.25, 0.3) is 0 Å². The molecule has 0 spiro atoms. The minimum Gasteiger partial charge on any atom is -0.457 e. The lowest BCUT2D eigenvalue weighted by atomic mass is 9.97. The maximum atomic E-state index is 6.63. The normalized spacial score (nSPS) is 12.0. The summed E-state index contributed by atoms with van der Waals surface area (Å²) >= 11 is 1.83. The van der Waals surface area contributed by atoms with Crippen LogP contribution in [0.3, 0.4) is 0 Å². The van der Waals surface area contributed by atoms with Crippen LogP contribution in [-0.2, 0) is 0 Å². The van der Waals surface area contributed by atoms with Gasteiger partial charge in [-0.1, -0.05) is 60.7 Å². The van der Waals surface area contributed by atoms with Crippen LogP contribution in [0, 0.1) is 0 Å². The van der Waals surface area contributed by atoms with Gasteiger partial charge in [-0.3, -0.25) is 9.55 Å². The minimum atomic E-state index is 0.770. The van der Waals surface area contributed by atoms with E-state index in [0.717, 1.165) is 39.1 Å². The molecule has 5 heteroatoms. The van der Waals surface area contributed by atoms with Gasteiger partial charge in [0.2, 0.25) is 0 Å². The van der Waals surface area contributed by atoms with E-state index in [2.05, 4.69) is 114 Å². The van der Waals surface area contributed by atoms with Gasteiger partial charge in [0.1, 0.15) is 17.3 Å². The first kappa shape index (κ1) is 24.6. The van der Waals surface area contributed by atoms with E-state index < -0.39 is 0 Å². The van der Waals surface area contributed by atoms with E-state index in [1.54, 1.807) is 0 Å². The molecular formula is C40H23N3OS. The van der Waals surface area contributed by atoms with Crippen molar-refractivity contribution in [2.75, 3.05) is 0 Å². The van der Waals surface area contributed by atoms with Crippen LogP contribution < -0.4 is 4.74 Å². The van der Waals surface area contributed by atoms with Crippen molar-refractivity contribution in [2.45, 2.75) is 0 Å². The van der Waals surface area contributed by atoms with Crippen LogP contribution in [0.1, 0.15) is 0 Å². The summed E-state index contributed by atoms with van der Waals surface area (Å²) in [7, 11) is 0. The van der Waals surface area contributed by atoms with E-state index in [4.69, 9.17) is 14.7 Å². The molecule has 45 heavy (non-hydrogen) atoms. The van der Waals surface area contributed by atoms with E-state index in [0.29, 0.717) is 0 Å². The number of rotatable bonds is 3. The number of benzene rings is 6. The first-order chi connectivity index (χ1) is 22.3. The Balaban J connectivity index is 1.20. The Kier molecular flexibility index (Phi) is 5.12. The number of pyridine rings is 2. The van der Waals surface area contributed by atoms with Crippen LogP contribution in [0.4, 0.5) is 0 Å². The molecule has 0 fully saturated rings. The second kappa shape index (κ2) is 9.36.